The average molecular weight is 449 g/mol. The summed E-state index contributed by atoms with van der Waals surface area (Å²) in [5.41, 5.74) is 1.28. The highest BCUT2D eigenvalue weighted by molar-refractivity contribution is 7.89. The van der Waals surface area contributed by atoms with E-state index in [1.54, 1.807) is 18.2 Å². The third-order valence-corrected chi connectivity index (χ3v) is 8.36. The molecule has 1 aromatic heterocycles. The molecule has 1 aromatic carbocycles. The number of piperidine rings is 2. The highest BCUT2D eigenvalue weighted by Crippen LogP contribution is 2.23. The molecular weight excluding hydrogens is 420 g/mol. The minimum atomic E-state index is -3.57. The van der Waals surface area contributed by atoms with Crippen molar-refractivity contribution >= 4 is 32.4 Å². The number of rotatable bonds is 6. The second kappa shape index (κ2) is 9.55. The summed E-state index contributed by atoms with van der Waals surface area (Å²) in [5.74, 6) is -0.343. The molecule has 0 bridgehead atoms. The van der Waals surface area contributed by atoms with Crippen molar-refractivity contribution in [3.05, 3.63) is 40.9 Å². The Labute approximate surface area is 182 Å². The van der Waals surface area contributed by atoms with Crippen LogP contribution >= 0.6 is 11.3 Å². The quantitative estimate of drug-likeness (QED) is 0.731. The van der Waals surface area contributed by atoms with Gasteiger partial charge in [0.05, 0.1) is 10.6 Å². The zero-order chi connectivity index (χ0) is 21.0. The van der Waals surface area contributed by atoms with Crippen molar-refractivity contribution in [1.29, 1.82) is 0 Å². The number of carbonyl (C=O) groups excluding carboxylic acids is 1. The summed E-state index contributed by atoms with van der Waals surface area (Å²) in [6.07, 6.45) is 6.56. The van der Waals surface area contributed by atoms with Gasteiger partial charge in [-0.25, -0.2) is 13.4 Å². The number of hydrogen-bond acceptors (Lipinski definition) is 6. The summed E-state index contributed by atoms with van der Waals surface area (Å²) < 4.78 is 27.3. The van der Waals surface area contributed by atoms with Crippen LogP contribution in [-0.4, -0.2) is 54.7 Å². The number of anilines is 1. The molecule has 0 unspecified atom stereocenters. The highest BCUT2D eigenvalue weighted by atomic mass is 32.2. The SMILES string of the molecule is O=C(Nc1nc(CN2CCCCC2)cs1)c1cccc(S(=O)(=O)N2CCCCC2)c1. The van der Waals surface area contributed by atoms with E-state index in [2.05, 4.69) is 15.2 Å². The Bertz CT molecular complexity index is 978. The molecule has 0 atom stereocenters. The van der Waals surface area contributed by atoms with Crippen molar-refractivity contribution in [1.82, 2.24) is 14.2 Å². The molecule has 1 amide bonds. The van der Waals surface area contributed by atoms with Gasteiger partial charge in [-0.15, -0.1) is 11.3 Å². The van der Waals surface area contributed by atoms with Gasteiger partial charge in [0.25, 0.3) is 5.91 Å². The van der Waals surface area contributed by atoms with Gasteiger partial charge in [0.15, 0.2) is 5.13 Å². The Morgan fingerprint density at radius 2 is 1.73 bits per heavy atom. The smallest absolute Gasteiger partial charge is 0.257 e. The van der Waals surface area contributed by atoms with Gasteiger partial charge in [-0.3, -0.25) is 15.0 Å². The van der Waals surface area contributed by atoms with Crippen LogP contribution in [0.2, 0.25) is 0 Å². The molecule has 0 radical (unpaired) electrons. The standard InChI is InChI=1S/C21H28N4O3S2/c26-20(23-21-22-18(16-29-21)15-24-10-3-1-4-11-24)17-8-7-9-19(14-17)30(27,28)25-12-5-2-6-13-25/h7-9,14,16H,1-6,10-13,15H2,(H,22,23,26). The maximum Gasteiger partial charge on any atom is 0.257 e. The van der Waals surface area contributed by atoms with Crippen LogP contribution in [0.3, 0.4) is 0 Å². The monoisotopic (exact) mass is 448 g/mol. The van der Waals surface area contributed by atoms with E-state index in [-0.39, 0.29) is 10.8 Å². The van der Waals surface area contributed by atoms with E-state index in [0.717, 1.165) is 44.6 Å². The summed E-state index contributed by atoms with van der Waals surface area (Å²) in [4.78, 5) is 19.8. The van der Waals surface area contributed by atoms with Gasteiger partial charge in [-0.1, -0.05) is 18.9 Å². The van der Waals surface area contributed by atoms with Crippen LogP contribution in [0.4, 0.5) is 5.13 Å². The van der Waals surface area contributed by atoms with Crippen LogP contribution in [0.25, 0.3) is 0 Å². The van der Waals surface area contributed by atoms with Crippen LogP contribution in [-0.2, 0) is 16.6 Å². The van der Waals surface area contributed by atoms with Gasteiger partial charge in [-0.2, -0.15) is 4.31 Å². The summed E-state index contributed by atoms with van der Waals surface area (Å²) in [6.45, 7) is 4.07. The van der Waals surface area contributed by atoms with Crippen molar-refractivity contribution in [3.8, 4) is 0 Å². The third kappa shape index (κ3) is 5.08. The lowest BCUT2D eigenvalue weighted by Gasteiger charge is -2.26. The lowest BCUT2D eigenvalue weighted by Crippen LogP contribution is -2.35. The number of hydrogen-bond donors (Lipinski definition) is 1. The fourth-order valence-corrected chi connectivity index (χ4v) is 6.27. The maximum absolute atomic E-state index is 12.9. The van der Waals surface area contributed by atoms with Gasteiger partial charge in [0.1, 0.15) is 0 Å². The Morgan fingerprint density at radius 3 is 2.47 bits per heavy atom. The second-order valence-corrected chi connectivity index (χ2v) is 10.7. The Balaban J connectivity index is 1.42. The van der Waals surface area contributed by atoms with Crippen LogP contribution < -0.4 is 5.32 Å². The molecule has 2 aliphatic heterocycles. The van der Waals surface area contributed by atoms with E-state index in [1.807, 2.05) is 5.38 Å². The topological polar surface area (TPSA) is 82.6 Å². The molecule has 3 heterocycles. The first-order valence-electron chi connectivity index (χ1n) is 10.6. The Morgan fingerprint density at radius 1 is 1.03 bits per heavy atom. The molecule has 2 aromatic rings. The first-order chi connectivity index (χ1) is 14.5. The summed E-state index contributed by atoms with van der Waals surface area (Å²) in [6, 6.07) is 6.27. The number of benzene rings is 1. The first kappa shape index (κ1) is 21.4. The summed E-state index contributed by atoms with van der Waals surface area (Å²) >= 11 is 1.40. The Hall–Kier alpha value is -1.81. The minimum Gasteiger partial charge on any atom is -0.298 e. The van der Waals surface area contributed by atoms with Gasteiger partial charge >= 0.3 is 0 Å². The second-order valence-electron chi connectivity index (χ2n) is 7.93. The molecule has 0 saturated carbocycles. The highest BCUT2D eigenvalue weighted by Gasteiger charge is 2.26. The lowest BCUT2D eigenvalue weighted by atomic mass is 10.1. The normalized spacial score (nSPS) is 18.9. The molecule has 1 N–H and O–H groups in total. The fourth-order valence-electron chi connectivity index (χ4n) is 4.01. The van der Waals surface area contributed by atoms with E-state index in [4.69, 9.17) is 0 Å². The largest absolute Gasteiger partial charge is 0.298 e. The fraction of sp³-hybridized carbons (Fsp3) is 0.524. The molecule has 30 heavy (non-hydrogen) atoms. The van der Waals surface area contributed by atoms with Gasteiger partial charge in [0.2, 0.25) is 10.0 Å². The first-order valence-corrected chi connectivity index (χ1v) is 12.9. The molecule has 2 fully saturated rings. The average Bonchev–Trinajstić information content (AvgIpc) is 3.21. The van der Waals surface area contributed by atoms with E-state index in [9.17, 15) is 13.2 Å². The third-order valence-electron chi connectivity index (χ3n) is 5.66. The van der Waals surface area contributed by atoms with Crippen LogP contribution in [0.15, 0.2) is 34.5 Å². The molecule has 2 saturated heterocycles. The van der Waals surface area contributed by atoms with Gasteiger partial charge in [-0.05, 0) is 57.0 Å². The van der Waals surface area contributed by atoms with Crippen LogP contribution in [0.5, 0.6) is 0 Å². The van der Waals surface area contributed by atoms with Crippen LogP contribution in [0.1, 0.15) is 54.6 Å². The molecule has 7 nitrogen and oxygen atoms in total. The minimum absolute atomic E-state index is 0.168. The molecule has 2 aliphatic rings. The number of likely N-dealkylation sites (tertiary alicyclic amines) is 1. The number of thiazole rings is 1. The lowest BCUT2D eigenvalue weighted by molar-refractivity contribution is 0.102. The molecule has 0 aliphatic carbocycles. The number of amides is 1. The molecule has 162 valence electrons. The van der Waals surface area contributed by atoms with E-state index in [1.165, 1.54) is 41.0 Å². The number of aromatic nitrogens is 1. The van der Waals surface area contributed by atoms with Gasteiger partial charge in [0, 0.05) is 30.6 Å². The van der Waals surface area contributed by atoms with E-state index < -0.39 is 10.0 Å². The number of nitrogens with one attached hydrogen (secondary N) is 1. The van der Waals surface area contributed by atoms with Crippen molar-refractivity contribution < 1.29 is 13.2 Å². The van der Waals surface area contributed by atoms with E-state index >= 15 is 0 Å². The molecule has 9 heteroatoms. The van der Waals surface area contributed by atoms with E-state index in [0.29, 0.717) is 23.8 Å². The van der Waals surface area contributed by atoms with Crippen molar-refractivity contribution in [3.63, 3.8) is 0 Å². The summed E-state index contributed by atoms with van der Waals surface area (Å²) in [5, 5.41) is 5.33. The summed E-state index contributed by atoms with van der Waals surface area (Å²) in [7, 11) is -3.57. The van der Waals surface area contributed by atoms with Gasteiger partial charge < -0.3 is 0 Å². The van der Waals surface area contributed by atoms with Crippen LogP contribution in [0, 0.1) is 0 Å². The zero-order valence-corrected chi connectivity index (χ0v) is 18.7. The van der Waals surface area contributed by atoms with Crippen molar-refractivity contribution in [2.75, 3.05) is 31.5 Å². The Kier molecular flexibility index (Phi) is 6.82. The maximum atomic E-state index is 12.9. The molecule has 0 spiro atoms. The molecular formula is C21H28N4O3S2. The number of carbonyl (C=O) groups is 1. The number of nitrogens with zero attached hydrogens (tertiary/aromatic N) is 3. The number of sulfonamides is 1. The zero-order valence-electron chi connectivity index (χ0n) is 17.0. The van der Waals surface area contributed by atoms with Crippen molar-refractivity contribution in [2.45, 2.75) is 50.0 Å². The predicted octanol–water partition coefficient (Wildman–Crippen LogP) is 3.56. The van der Waals surface area contributed by atoms with Crippen molar-refractivity contribution in [2.24, 2.45) is 0 Å². The molecule has 4 rings (SSSR count). The predicted molar refractivity (Wildman–Crippen MR) is 118 cm³/mol.